The fourth-order valence-corrected chi connectivity index (χ4v) is 4.32. The van der Waals surface area contributed by atoms with E-state index < -0.39 is 0 Å². The van der Waals surface area contributed by atoms with Crippen LogP contribution in [-0.4, -0.2) is 25.9 Å². The van der Waals surface area contributed by atoms with Crippen LogP contribution >= 0.6 is 11.3 Å². The van der Waals surface area contributed by atoms with Crippen LogP contribution in [-0.2, 0) is 0 Å². The van der Waals surface area contributed by atoms with Gasteiger partial charge >= 0.3 is 0 Å². The Morgan fingerprint density at radius 2 is 1.69 bits per heavy atom. The first-order chi connectivity index (χ1) is 17.0. The smallest absolute Gasteiger partial charge is 0.255 e. The van der Waals surface area contributed by atoms with E-state index in [9.17, 15) is 4.79 Å². The summed E-state index contributed by atoms with van der Waals surface area (Å²) >= 11 is 1.67. The van der Waals surface area contributed by atoms with E-state index in [1.807, 2.05) is 62.5 Å². The maximum Gasteiger partial charge on any atom is 0.255 e. The van der Waals surface area contributed by atoms with Gasteiger partial charge < -0.3 is 10.1 Å². The van der Waals surface area contributed by atoms with Gasteiger partial charge in [0, 0.05) is 27.9 Å². The van der Waals surface area contributed by atoms with Crippen LogP contribution in [0, 0.1) is 20.8 Å². The highest BCUT2D eigenvalue weighted by atomic mass is 32.1. The first-order valence-electron chi connectivity index (χ1n) is 11.1. The number of carbonyl (C=O) groups excluding carboxylic acids is 1. The first kappa shape index (κ1) is 22.5. The number of nitrogens with zero attached hydrogens (tertiary/aromatic N) is 4. The molecule has 0 saturated carbocycles. The van der Waals surface area contributed by atoms with Crippen LogP contribution in [0.5, 0.6) is 11.6 Å². The first-order valence-corrected chi connectivity index (χ1v) is 12.0. The number of carbonyl (C=O) groups is 1. The van der Waals surface area contributed by atoms with E-state index in [2.05, 4.69) is 26.7 Å². The van der Waals surface area contributed by atoms with Gasteiger partial charge in [-0.15, -0.1) is 21.5 Å². The molecule has 0 spiro atoms. The van der Waals surface area contributed by atoms with Crippen LogP contribution in [0.3, 0.4) is 0 Å². The minimum atomic E-state index is -0.169. The predicted octanol–water partition coefficient (Wildman–Crippen LogP) is 6.36. The zero-order chi connectivity index (χ0) is 24.4. The molecule has 0 radical (unpaired) electrons. The molecule has 3 heterocycles. The van der Waals surface area contributed by atoms with Crippen molar-refractivity contribution in [3.63, 3.8) is 0 Å². The van der Waals surface area contributed by atoms with Crippen molar-refractivity contribution in [2.75, 3.05) is 5.32 Å². The molecule has 0 unspecified atom stereocenters. The topological polar surface area (TPSA) is 81.9 Å². The van der Waals surface area contributed by atoms with Gasteiger partial charge in [0.15, 0.2) is 5.82 Å². The van der Waals surface area contributed by atoms with Gasteiger partial charge in [-0.25, -0.2) is 4.68 Å². The average molecular weight is 482 g/mol. The molecule has 2 aromatic carbocycles. The fourth-order valence-electron chi connectivity index (χ4n) is 3.58. The zero-order valence-corrected chi connectivity index (χ0v) is 20.3. The summed E-state index contributed by atoms with van der Waals surface area (Å²) in [4.78, 5) is 13.8. The standard InChI is InChI=1S/C27H23N5O2S/c1-17-18(2)31-32(19(17)3)25-14-15-26(30-29-25)34-23-12-10-22(11-13-23)28-27(33)21-8-6-20(7-9-21)24-5-4-16-35-24/h4-16H,1-3H3,(H,28,33). The summed E-state index contributed by atoms with van der Waals surface area (Å²) in [5, 5.41) is 17.9. The summed E-state index contributed by atoms with van der Waals surface area (Å²) < 4.78 is 7.58. The lowest BCUT2D eigenvalue weighted by Gasteiger charge is -2.08. The number of rotatable bonds is 6. The minimum absolute atomic E-state index is 0.169. The molecule has 7 nitrogen and oxygen atoms in total. The Morgan fingerprint density at radius 1 is 0.914 bits per heavy atom. The summed E-state index contributed by atoms with van der Waals surface area (Å²) in [5.41, 5.74) is 5.49. The molecule has 0 atom stereocenters. The number of amides is 1. The van der Waals surface area contributed by atoms with Crippen molar-refractivity contribution in [3.8, 4) is 27.9 Å². The number of hydrogen-bond donors (Lipinski definition) is 1. The molecule has 1 amide bonds. The lowest BCUT2D eigenvalue weighted by Crippen LogP contribution is -2.11. The third-order valence-corrected chi connectivity index (χ3v) is 6.70. The third-order valence-electron chi connectivity index (χ3n) is 5.78. The van der Waals surface area contributed by atoms with Crippen LogP contribution in [0.1, 0.15) is 27.3 Å². The highest BCUT2D eigenvalue weighted by molar-refractivity contribution is 7.13. The molecule has 0 bridgehead atoms. The summed E-state index contributed by atoms with van der Waals surface area (Å²) in [6.07, 6.45) is 0. The van der Waals surface area contributed by atoms with Crippen molar-refractivity contribution in [2.24, 2.45) is 0 Å². The van der Waals surface area contributed by atoms with Crippen molar-refractivity contribution >= 4 is 22.9 Å². The summed E-state index contributed by atoms with van der Waals surface area (Å²) in [5.74, 6) is 1.42. The number of benzene rings is 2. The summed E-state index contributed by atoms with van der Waals surface area (Å²) in [6.45, 7) is 6.01. The molecule has 3 aromatic heterocycles. The number of anilines is 1. The number of hydrogen-bond acceptors (Lipinski definition) is 6. The molecule has 1 N–H and O–H groups in total. The number of aromatic nitrogens is 4. The molecule has 35 heavy (non-hydrogen) atoms. The number of nitrogens with one attached hydrogen (secondary N) is 1. The van der Waals surface area contributed by atoms with Gasteiger partial charge in [0.2, 0.25) is 5.88 Å². The van der Waals surface area contributed by atoms with Crippen LogP contribution < -0.4 is 10.1 Å². The van der Waals surface area contributed by atoms with Crippen molar-refractivity contribution in [1.82, 2.24) is 20.0 Å². The Bertz CT molecular complexity index is 1460. The largest absolute Gasteiger partial charge is 0.438 e. The highest BCUT2D eigenvalue weighted by Crippen LogP contribution is 2.26. The molecule has 174 valence electrons. The van der Waals surface area contributed by atoms with Crippen molar-refractivity contribution in [3.05, 3.63) is 101 Å². The van der Waals surface area contributed by atoms with Crippen LogP contribution in [0.25, 0.3) is 16.3 Å². The van der Waals surface area contributed by atoms with E-state index in [1.165, 1.54) is 4.88 Å². The van der Waals surface area contributed by atoms with Gasteiger partial charge in [-0.3, -0.25) is 4.79 Å². The maximum atomic E-state index is 12.6. The molecule has 5 aromatic rings. The van der Waals surface area contributed by atoms with Gasteiger partial charge in [0.25, 0.3) is 5.91 Å². The Balaban J connectivity index is 1.21. The second-order valence-electron chi connectivity index (χ2n) is 8.07. The van der Waals surface area contributed by atoms with Gasteiger partial charge in [-0.05, 0) is 85.8 Å². The molecule has 0 saturated heterocycles. The van der Waals surface area contributed by atoms with Gasteiger partial charge in [0.05, 0.1) is 5.69 Å². The van der Waals surface area contributed by atoms with Crippen molar-refractivity contribution in [1.29, 1.82) is 0 Å². The van der Waals surface area contributed by atoms with E-state index in [-0.39, 0.29) is 5.91 Å². The second-order valence-corrected chi connectivity index (χ2v) is 9.02. The zero-order valence-electron chi connectivity index (χ0n) is 19.5. The minimum Gasteiger partial charge on any atom is -0.438 e. The van der Waals surface area contributed by atoms with Crippen LogP contribution in [0.15, 0.2) is 78.2 Å². The molecule has 5 rings (SSSR count). The quantitative estimate of drug-likeness (QED) is 0.305. The molecule has 8 heteroatoms. The van der Waals surface area contributed by atoms with E-state index in [1.54, 1.807) is 46.4 Å². The number of thiophene rings is 1. The molecular formula is C27H23N5O2S. The van der Waals surface area contributed by atoms with E-state index in [0.29, 0.717) is 28.7 Å². The molecule has 0 aliphatic rings. The highest BCUT2D eigenvalue weighted by Gasteiger charge is 2.11. The predicted molar refractivity (Wildman–Crippen MR) is 138 cm³/mol. The summed E-state index contributed by atoms with van der Waals surface area (Å²) in [7, 11) is 0. The molecule has 0 fully saturated rings. The van der Waals surface area contributed by atoms with Gasteiger partial charge in [0.1, 0.15) is 5.75 Å². The van der Waals surface area contributed by atoms with Gasteiger partial charge in [-0.2, -0.15) is 5.10 Å². The van der Waals surface area contributed by atoms with E-state index >= 15 is 0 Å². The fraction of sp³-hybridized carbons (Fsp3) is 0.111. The Kier molecular flexibility index (Phi) is 6.12. The third kappa shape index (κ3) is 4.83. The monoisotopic (exact) mass is 481 g/mol. The Hall–Kier alpha value is -4.30. The number of aryl methyl sites for hydroxylation is 1. The second kappa shape index (κ2) is 9.52. The van der Waals surface area contributed by atoms with Crippen molar-refractivity contribution < 1.29 is 9.53 Å². The normalized spacial score (nSPS) is 10.8. The lowest BCUT2D eigenvalue weighted by atomic mass is 10.1. The van der Waals surface area contributed by atoms with Crippen molar-refractivity contribution in [2.45, 2.75) is 20.8 Å². The molecule has 0 aliphatic carbocycles. The lowest BCUT2D eigenvalue weighted by molar-refractivity contribution is 0.102. The number of ether oxygens (including phenoxy) is 1. The Morgan fingerprint density at radius 3 is 2.29 bits per heavy atom. The molecule has 0 aliphatic heterocycles. The van der Waals surface area contributed by atoms with E-state index in [0.717, 1.165) is 22.5 Å². The maximum absolute atomic E-state index is 12.6. The van der Waals surface area contributed by atoms with Crippen LogP contribution in [0.4, 0.5) is 5.69 Å². The molecular weight excluding hydrogens is 458 g/mol. The average Bonchev–Trinajstić information content (AvgIpc) is 3.51. The van der Waals surface area contributed by atoms with E-state index in [4.69, 9.17) is 4.74 Å². The van der Waals surface area contributed by atoms with Crippen LogP contribution in [0.2, 0.25) is 0 Å². The van der Waals surface area contributed by atoms with Gasteiger partial charge in [-0.1, -0.05) is 18.2 Å². The SMILES string of the molecule is Cc1nn(-c2ccc(Oc3ccc(NC(=O)c4ccc(-c5cccs5)cc4)cc3)nn2)c(C)c1C. The summed E-state index contributed by atoms with van der Waals surface area (Å²) in [6, 6.07) is 22.3. The Labute approximate surface area is 207 Å².